The van der Waals surface area contributed by atoms with Gasteiger partial charge in [0.15, 0.2) is 0 Å². The maximum atomic E-state index is 11.0. The summed E-state index contributed by atoms with van der Waals surface area (Å²) in [4.78, 5) is 13.0. The van der Waals surface area contributed by atoms with E-state index in [2.05, 4.69) is 39.8 Å². The Hall–Kier alpha value is -1.55. The fourth-order valence-electron chi connectivity index (χ4n) is 1.32. The van der Waals surface area contributed by atoms with Gasteiger partial charge in [-0.25, -0.2) is 0 Å². The highest BCUT2D eigenvalue weighted by atomic mass is 16.1. The largest absolute Gasteiger partial charge is 0.378 e. The van der Waals surface area contributed by atoms with Crippen LogP contribution in [0, 0.1) is 0 Å². The van der Waals surface area contributed by atoms with E-state index in [9.17, 15) is 4.79 Å². The lowest BCUT2D eigenvalue weighted by atomic mass is 10.2. The van der Waals surface area contributed by atoms with Crippen LogP contribution in [0.4, 0.5) is 5.69 Å². The molecule has 4 heteroatoms. The standard InChI is InChI=1S/C12H19N3O/c1-13-12(16)9-14-8-10-4-6-11(7-5-10)15(2)3/h4-7,14H,8-9H2,1-3H3,(H,13,16). The topological polar surface area (TPSA) is 44.4 Å². The van der Waals surface area contributed by atoms with Crippen molar-refractivity contribution in [1.82, 2.24) is 10.6 Å². The van der Waals surface area contributed by atoms with Crippen LogP contribution in [0.5, 0.6) is 0 Å². The van der Waals surface area contributed by atoms with E-state index >= 15 is 0 Å². The molecule has 0 atom stereocenters. The third kappa shape index (κ3) is 3.90. The summed E-state index contributed by atoms with van der Waals surface area (Å²) >= 11 is 0. The fraction of sp³-hybridized carbons (Fsp3) is 0.417. The van der Waals surface area contributed by atoms with Crippen LogP contribution >= 0.6 is 0 Å². The van der Waals surface area contributed by atoms with E-state index in [1.807, 2.05) is 14.1 Å². The fourth-order valence-corrected chi connectivity index (χ4v) is 1.32. The number of benzene rings is 1. The van der Waals surface area contributed by atoms with Gasteiger partial charge in [-0.3, -0.25) is 4.79 Å². The average Bonchev–Trinajstić information content (AvgIpc) is 2.29. The number of amides is 1. The molecule has 4 nitrogen and oxygen atoms in total. The van der Waals surface area contributed by atoms with Gasteiger partial charge in [0.1, 0.15) is 0 Å². The van der Waals surface area contributed by atoms with Crippen molar-refractivity contribution in [2.45, 2.75) is 6.54 Å². The molecule has 0 saturated carbocycles. The van der Waals surface area contributed by atoms with Crippen molar-refractivity contribution in [2.24, 2.45) is 0 Å². The number of carbonyl (C=O) groups is 1. The molecule has 0 heterocycles. The first-order valence-electron chi connectivity index (χ1n) is 5.31. The van der Waals surface area contributed by atoms with Crippen molar-refractivity contribution in [2.75, 3.05) is 32.6 Å². The summed E-state index contributed by atoms with van der Waals surface area (Å²) < 4.78 is 0. The zero-order valence-corrected chi connectivity index (χ0v) is 10.1. The van der Waals surface area contributed by atoms with E-state index in [-0.39, 0.29) is 5.91 Å². The first-order valence-corrected chi connectivity index (χ1v) is 5.31. The Balaban J connectivity index is 2.40. The quantitative estimate of drug-likeness (QED) is 0.765. The summed E-state index contributed by atoms with van der Waals surface area (Å²) in [6.07, 6.45) is 0. The molecular formula is C12H19N3O. The summed E-state index contributed by atoms with van der Waals surface area (Å²) in [5.41, 5.74) is 2.35. The minimum atomic E-state index is 0.00455. The average molecular weight is 221 g/mol. The molecule has 0 aliphatic heterocycles. The van der Waals surface area contributed by atoms with E-state index in [0.717, 1.165) is 0 Å². The lowest BCUT2D eigenvalue weighted by Gasteiger charge is -2.12. The maximum Gasteiger partial charge on any atom is 0.233 e. The molecule has 0 aromatic heterocycles. The smallest absolute Gasteiger partial charge is 0.233 e. The van der Waals surface area contributed by atoms with Gasteiger partial charge in [-0.1, -0.05) is 12.1 Å². The van der Waals surface area contributed by atoms with E-state index in [0.29, 0.717) is 13.1 Å². The van der Waals surface area contributed by atoms with Crippen molar-refractivity contribution in [3.8, 4) is 0 Å². The van der Waals surface area contributed by atoms with Crippen molar-refractivity contribution in [1.29, 1.82) is 0 Å². The first-order chi connectivity index (χ1) is 7.63. The Bertz CT molecular complexity index is 333. The first kappa shape index (κ1) is 12.5. The van der Waals surface area contributed by atoms with Gasteiger partial charge in [0.05, 0.1) is 6.54 Å². The van der Waals surface area contributed by atoms with Gasteiger partial charge in [0, 0.05) is 33.4 Å². The number of nitrogens with one attached hydrogen (secondary N) is 2. The van der Waals surface area contributed by atoms with Crippen molar-refractivity contribution in [3.05, 3.63) is 29.8 Å². The molecular weight excluding hydrogens is 202 g/mol. The van der Waals surface area contributed by atoms with Gasteiger partial charge in [-0.05, 0) is 17.7 Å². The number of carbonyl (C=O) groups excluding carboxylic acids is 1. The van der Waals surface area contributed by atoms with E-state index < -0.39 is 0 Å². The molecule has 0 fully saturated rings. The van der Waals surface area contributed by atoms with Crippen LogP contribution in [0.15, 0.2) is 24.3 Å². The third-order valence-corrected chi connectivity index (χ3v) is 2.35. The highest BCUT2D eigenvalue weighted by molar-refractivity contribution is 5.77. The molecule has 0 unspecified atom stereocenters. The van der Waals surface area contributed by atoms with Crippen LogP contribution in [0.25, 0.3) is 0 Å². The highest BCUT2D eigenvalue weighted by Gasteiger charge is 1.98. The summed E-state index contributed by atoms with van der Waals surface area (Å²) in [5.74, 6) is 0.00455. The molecule has 0 radical (unpaired) electrons. The Morgan fingerprint density at radius 2 is 1.88 bits per heavy atom. The normalized spacial score (nSPS) is 9.94. The van der Waals surface area contributed by atoms with Crippen molar-refractivity contribution < 1.29 is 4.79 Å². The lowest BCUT2D eigenvalue weighted by Crippen LogP contribution is -2.30. The monoisotopic (exact) mass is 221 g/mol. The number of anilines is 1. The molecule has 1 rings (SSSR count). The number of rotatable bonds is 5. The molecule has 0 saturated heterocycles. The molecule has 88 valence electrons. The third-order valence-electron chi connectivity index (χ3n) is 2.35. The predicted octanol–water partition coefficient (Wildman–Crippen LogP) is 0.588. The minimum absolute atomic E-state index is 0.00455. The van der Waals surface area contributed by atoms with Gasteiger partial charge < -0.3 is 15.5 Å². The number of likely N-dealkylation sites (N-methyl/N-ethyl adjacent to an activating group) is 1. The highest BCUT2D eigenvalue weighted by Crippen LogP contribution is 2.11. The number of hydrogen-bond acceptors (Lipinski definition) is 3. The van der Waals surface area contributed by atoms with Crippen LogP contribution in [0.3, 0.4) is 0 Å². The molecule has 1 aromatic carbocycles. The molecule has 1 amide bonds. The molecule has 0 spiro atoms. The molecule has 1 aromatic rings. The second-order valence-corrected chi connectivity index (χ2v) is 3.84. The SMILES string of the molecule is CNC(=O)CNCc1ccc(N(C)C)cc1. The second-order valence-electron chi connectivity index (χ2n) is 3.84. The van der Waals surface area contributed by atoms with E-state index in [1.54, 1.807) is 7.05 Å². The van der Waals surface area contributed by atoms with Crippen LogP contribution < -0.4 is 15.5 Å². The number of hydrogen-bond donors (Lipinski definition) is 2. The van der Waals surface area contributed by atoms with Crippen molar-refractivity contribution >= 4 is 11.6 Å². The Morgan fingerprint density at radius 1 is 1.25 bits per heavy atom. The summed E-state index contributed by atoms with van der Waals surface area (Å²) in [6.45, 7) is 1.06. The van der Waals surface area contributed by atoms with E-state index in [1.165, 1.54) is 11.3 Å². The van der Waals surface area contributed by atoms with Crippen LogP contribution in [-0.2, 0) is 11.3 Å². The Morgan fingerprint density at radius 3 is 2.38 bits per heavy atom. The van der Waals surface area contributed by atoms with Gasteiger partial charge >= 0.3 is 0 Å². The molecule has 16 heavy (non-hydrogen) atoms. The molecule has 0 aliphatic carbocycles. The summed E-state index contributed by atoms with van der Waals surface area (Å²) in [7, 11) is 5.66. The maximum absolute atomic E-state index is 11.0. The van der Waals surface area contributed by atoms with Crippen LogP contribution in [-0.4, -0.2) is 33.6 Å². The Kier molecular flexibility index (Phi) is 4.79. The van der Waals surface area contributed by atoms with Gasteiger partial charge in [0.25, 0.3) is 0 Å². The summed E-state index contributed by atoms with van der Waals surface area (Å²) in [6, 6.07) is 8.26. The minimum Gasteiger partial charge on any atom is -0.378 e. The van der Waals surface area contributed by atoms with Gasteiger partial charge in [-0.2, -0.15) is 0 Å². The molecule has 0 bridgehead atoms. The predicted molar refractivity (Wildman–Crippen MR) is 66.5 cm³/mol. The summed E-state index contributed by atoms with van der Waals surface area (Å²) in [5, 5.41) is 5.64. The second kappa shape index (κ2) is 6.12. The van der Waals surface area contributed by atoms with Crippen molar-refractivity contribution in [3.63, 3.8) is 0 Å². The van der Waals surface area contributed by atoms with Crippen LogP contribution in [0.1, 0.15) is 5.56 Å². The Labute approximate surface area is 96.6 Å². The zero-order valence-electron chi connectivity index (χ0n) is 10.1. The molecule has 0 aliphatic rings. The van der Waals surface area contributed by atoms with Gasteiger partial charge in [0.2, 0.25) is 5.91 Å². The lowest BCUT2D eigenvalue weighted by molar-refractivity contribution is -0.119. The zero-order chi connectivity index (χ0) is 12.0. The van der Waals surface area contributed by atoms with Crippen LogP contribution in [0.2, 0.25) is 0 Å². The molecule has 2 N–H and O–H groups in total. The number of nitrogens with zero attached hydrogens (tertiary/aromatic N) is 1. The van der Waals surface area contributed by atoms with E-state index in [4.69, 9.17) is 0 Å². The van der Waals surface area contributed by atoms with Gasteiger partial charge in [-0.15, -0.1) is 0 Å².